The zero-order chi connectivity index (χ0) is 17.1. The van der Waals surface area contributed by atoms with Gasteiger partial charge in [-0.25, -0.2) is 0 Å². The number of phenols is 1. The SMILES string of the molecule is Oc1ccccc1-c1nnnc(-c2ccccc2)c1-c1ccccc1. The Balaban J connectivity index is 2.05. The number of benzene rings is 3. The van der Waals surface area contributed by atoms with Crippen molar-refractivity contribution < 1.29 is 5.11 Å². The average Bonchev–Trinajstić information content (AvgIpc) is 2.69. The molecule has 0 spiro atoms. The molecule has 1 heterocycles. The lowest BCUT2D eigenvalue weighted by Gasteiger charge is -2.13. The van der Waals surface area contributed by atoms with E-state index in [4.69, 9.17) is 0 Å². The number of hydrogen-bond donors (Lipinski definition) is 1. The highest BCUT2D eigenvalue weighted by Crippen LogP contribution is 2.39. The van der Waals surface area contributed by atoms with E-state index in [0.717, 1.165) is 22.4 Å². The van der Waals surface area contributed by atoms with Crippen molar-refractivity contribution in [1.82, 2.24) is 15.4 Å². The fraction of sp³-hybridized carbons (Fsp3) is 0. The Bertz CT molecular complexity index is 1000. The van der Waals surface area contributed by atoms with Gasteiger partial charge in [0.2, 0.25) is 0 Å². The first-order chi connectivity index (χ1) is 12.3. The Morgan fingerprint density at radius 1 is 0.560 bits per heavy atom. The van der Waals surface area contributed by atoms with E-state index in [0.29, 0.717) is 11.3 Å². The summed E-state index contributed by atoms with van der Waals surface area (Å²) in [4.78, 5) is 0. The van der Waals surface area contributed by atoms with Gasteiger partial charge in [0.1, 0.15) is 17.1 Å². The number of phenolic OH excluding ortho intramolecular Hbond substituents is 1. The maximum atomic E-state index is 10.3. The van der Waals surface area contributed by atoms with Gasteiger partial charge in [-0.1, -0.05) is 72.8 Å². The molecule has 0 bridgehead atoms. The van der Waals surface area contributed by atoms with Crippen LogP contribution in [0.4, 0.5) is 0 Å². The Kier molecular flexibility index (Phi) is 3.92. The van der Waals surface area contributed by atoms with Crippen molar-refractivity contribution in [2.45, 2.75) is 0 Å². The number of aromatic hydroxyl groups is 1. The van der Waals surface area contributed by atoms with Crippen LogP contribution in [-0.2, 0) is 0 Å². The van der Waals surface area contributed by atoms with Gasteiger partial charge in [-0.2, -0.15) is 0 Å². The zero-order valence-electron chi connectivity index (χ0n) is 13.4. The lowest BCUT2D eigenvalue weighted by atomic mass is 9.95. The molecular formula is C21H15N3O. The van der Waals surface area contributed by atoms with E-state index in [-0.39, 0.29) is 5.75 Å². The molecule has 0 aliphatic carbocycles. The van der Waals surface area contributed by atoms with Crippen LogP contribution in [0.2, 0.25) is 0 Å². The highest BCUT2D eigenvalue weighted by Gasteiger charge is 2.19. The van der Waals surface area contributed by atoms with Crippen LogP contribution in [0.15, 0.2) is 84.9 Å². The molecule has 4 rings (SSSR count). The second-order valence-electron chi connectivity index (χ2n) is 5.61. The van der Waals surface area contributed by atoms with Crippen LogP contribution < -0.4 is 0 Å². The third-order valence-electron chi connectivity index (χ3n) is 4.03. The first-order valence-corrected chi connectivity index (χ1v) is 7.97. The van der Waals surface area contributed by atoms with Crippen LogP contribution in [0.5, 0.6) is 5.75 Å². The van der Waals surface area contributed by atoms with E-state index in [1.54, 1.807) is 12.1 Å². The van der Waals surface area contributed by atoms with E-state index in [1.165, 1.54) is 0 Å². The Morgan fingerprint density at radius 3 is 1.80 bits per heavy atom. The van der Waals surface area contributed by atoms with Crippen LogP contribution in [0.3, 0.4) is 0 Å². The van der Waals surface area contributed by atoms with Gasteiger partial charge in [-0.15, -0.1) is 10.2 Å². The minimum absolute atomic E-state index is 0.166. The summed E-state index contributed by atoms with van der Waals surface area (Å²) in [7, 11) is 0. The molecule has 1 aromatic heterocycles. The van der Waals surface area contributed by atoms with Crippen LogP contribution in [0.1, 0.15) is 0 Å². The van der Waals surface area contributed by atoms with Gasteiger partial charge in [-0.3, -0.25) is 0 Å². The molecule has 0 saturated heterocycles. The van der Waals surface area contributed by atoms with Crippen molar-refractivity contribution in [3.05, 3.63) is 84.9 Å². The minimum Gasteiger partial charge on any atom is -0.507 e. The number of aromatic nitrogens is 3. The molecule has 0 atom stereocenters. The first-order valence-electron chi connectivity index (χ1n) is 7.97. The molecule has 4 aromatic rings. The molecule has 0 amide bonds. The van der Waals surface area contributed by atoms with Gasteiger partial charge in [0.05, 0.1) is 0 Å². The molecule has 120 valence electrons. The summed E-state index contributed by atoms with van der Waals surface area (Å²) in [5.74, 6) is 0.166. The second kappa shape index (κ2) is 6.53. The van der Waals surface area contributed by atoms with Crippen molar-refractivity contribution in [2.75, 3.05) is 0 Å². The molecule has 0 saturated carbocycles. The van der Waals surface area contributed by atoms with Crippen molar-refractivity contribution in [3.8, 4) is 39.4 Å². The van der Waals surface area contributed by atoms with Gasteiger partial charge >= 0.3 is 0 Å². The highest BCUT2D eigenvalue weighted by molar-refractivity contribution is 5.91. The molecule has 25 heavy (non-hydrogen) atoms. The lowest BCUT2D eigenvalue weighted by molar-refractivity contribution is 0.477. The quantitative estimate of drug-likeness (QED) is 0.599. The fourth-order valence-corrected chi connectivity index (χ4v) is 2.86. The lowest BCUT2D eigenvalue weighted by Crippen LogP contribution is -2.00. The largest absolute Gasteiger partial charge is 0.507 e. The second-order valence-corrected chi connectivity index (χ2v) is 5.61. The van der Waals surface area contributed by atoms with E-state index in [2.05, 4.69) is 15.4 Å². The van der Waals surface area contributed by atoms with Gasteiger partial charge in [-0.05, 0) is 22.9 Å². The molecule has 0 fully saturated rings. The van der Waals surface area contributed by atoms with Gasteiger partial charge < -0.3 is 5.11 Å². The predicted octanol–water partition coefficient (Wildman–Crippen LogP) is 4.58. The topological polar surface area (TPSA) is 58.9 Å². The molecule has 0 aliphatic heterocycles. The summed E-state index contributed by atoms with van der Waals surface area (Å²) < 4.78 is 0. The summed E-state index contributed by atoms with van der Waals surface area (Å²) in [5, 5.41) is 22.8. The third-order valence-corrected chi connectivity index (χ3v) is 4.03. The molecule has 0 radical (unpaired) electrons. The van der Waals surface area contributed by atoms with Crippen molar-refractivity contribution in [2.24, 2.45) is 0 Å². The van der Waals surface area contributed by atoms with E-state index < -0.39 is 0 Å². The van der Waals surface area contributed by atoms with Gasteiger partial charge in [0.15, 0.2) is 0 Å². The Hall–Kier alpha value is -3.53. The summed E-state index contributed by atoms with van der Waals surface area (Å²) in [5.41, 5.74) is 4.75. The number of para-hydroxylation sites is 1. The molecule has 3 aromatic carbocycles. The average molecular weight is 325 g/mol. The molecule has 1 N–H and O–H groups in total. The molecule has 4 nitrogen and oxygen atoms in total. The molecular weight excluding hydrogens is 310 g/mol. The summed E-state index contributed by atoms with van der Waals surface area (Å²) in [6, 6.07) is 26.9. The monoisotopic (exact) mass is 325 g/mol. The molecule has 4 heteroatoms. The van der Waals surface area contributed by atoms with Crippen LogP contribution in [0, 0.1) is 0 Å². The summed E-state index contributed by atoms with van der Waals surface area (Å²) >= 11 is 0. The summed E-state index contributed by atoms with van der Waals surface area (Å²) in [6.45, 7) is 0. The number of hydrogen-bond acceptors (Lipinski definition) is 4. The highest BCUT2D eigenvalue weighted by atomic mass is 16.3. The summed E-state index contributed by atoms with van der Waals surface area (Å²) in [6.07, 6.45) is 0. The normalized spacial score (nSPS) is 10.6. The fourth-order valence-electron chi connectivity index (χ4n) is 2.86. The van der Waals surface area contributed by atoms with E-state index in [1.807, 2.05) is 72.8 Å². The Labute approximate surface area is 145 Å². The zero-order valence-corrected chi connectivity index (χ0v) is 13.4. The molecule has 0 aliphatic rings. The van der Waals surface area contributed by atoms with E-state index in [9.17, 15) is 5.11 Å². The maximum Gasteiger partial charge on any atom is 0.125 e. The van der Waals surface area contributed by atoms with Crippen LogP contribution >= 0.6 is 0 Å². The van der Waals surface area contributed by atoms with E-state index >= 15 is 0 Å². The smallest absolute Gasteiger partial charge is 0.125 e. The predicted molar refractivity (Wildman–Crippen MR) is 97.8 cm³/mol. The molecule has 0 unspecified atom stereocenters. The number of rotatable bonds is 3. The van der Waals surface area contributed by atoms with Crippen molar-refractivity contribution in [3.63, 3.8) is 0 Å². The number of nitrogens with zero attached hydrogens (tertiary/aromatic N) is 3. The van der Waals surface area contributed by atoms with Crippen molar-refractivity contribution in [1.29, 1.82) is 0 Å². The van der Waals surface area contributed by atoms with Crippen LogP contribution in [-0.4, -0.2) is 20.5 Å². The van der Waals surface area contributed by atoms with Gasteiger partial charge in [0, 0.05) is 16.7 Å². The Morgan fingerprint density at radius 2 is 1.12 bits per heavy atom. The first kappa shape index (κ1) is 15.0. The third kappa shape index (κ3) is 2.85. The minimum atomic E-state index is 0.166. The standard InChI is InChI=1S/C21H15N3O/c25-18-14-8-7-13-17(18)21-19(15-9-3-1-4-10-15)20(22-24-23-21)16-11-5-2-6-12-16/h1-14,25H. The van der Waals surface area contributed by atoms with Crippen LogP contribution in [0.25, 0.3) is 33.6 Å². The maximum absolute atomic E-state index is 10.3. The van der Waals surface area contributed by atoms with Gasteiger partial charge in [0.25, 0.3) is 0 Å². The van der Waals surface area contributed by atoms with Crippen molar-refractivity contribution >= 4 is 0 Å².